The summed E-state index contributed by atoms with van der Waals surface area (Å²) >= 11 is 5.51. The van der Waals surface area contributed by atoms with E-state index in [9.17, 15) is 5.11 Å². The summed E-state index contributed by atoms with van der Waals surface area (Å²) in [5.41, 5.74) is 1.01. The standard InChI is InChI=1S/C14H19N5OS/c1-18-13(15-16-17-18)8-5-9-14(21)19(10-11-20)12-6-3-2-4-7-12/h2-4,6-7,20H,5,8-11H2,1H3. The highest BCUT2D eigenvalue weighted by atomic mass is 32.1. The van der Waals surface area contributed by atoms with Crippen LogP contribution in [-0.2, 0) is 13.5 Å². The topological polar surface area (TPSA) is 67.1 Å². The number of aryl methyl sites for hydroxylation is 2. The fourth-order valence-corrected chi connectivity index (χ4v) is 2.44. The lowest BCUT2D eigenvalue weighted by atomic mass is 10.2. The highest BCUT2D eigenvalue weighted by molar-refractivity contribution is 7.80. The number of tetrazole rings is 1. The van der Waals surface area contributed by atoms with Crippen molar-refractivity contribution in [1.82, 2.24) is 20.2 Å². The third kappa shape index (κ3) is 4.30. The van der Waals surface area contributed by atoms with Crippen LogP contribution in [0.25, 0.3) is 0 Å². The van der Waals surface area contributed by atoms with Crippen LogP contribution in [-0.4, -0.2) is 43.5 Å². The van der Waals surface area contributed by atoms with Crippen molar-refractivity contribution in [1.29, 1.82) is 0 Å². The van der Waals surface area contributed by atoms with Gasteiger partial charge >= 0.3 is 0 Å². The number of hydrogen-bond donors (Lipinski definition) is 1. The molecule has 0 aliphatic heterocycles. The number of hydrogen-bond acceptors (Lipinski definition) is 5. The normalized spacial score (nSPS) is 10.6. The summed E-state index contributed by atoms with van der Waals surface area (Å²) in [6.45, 7) is 0.580. The van der Waals surface area contributed by atoms with Gasteiger partial charge in [0, 0.05) is 25.7 Å². The second-order valence-electron chi connectivity index (χ2n) is 4.68. The van der Waals surface area contributed by atoms with Crippen LogP contribution in [0.15, 0.2) is 30.3 Å². The summed E-state index contributed by atoms with van der Waals surface area (Å²) in [5.74, 6) is 0.853. The Morgan fingerprint density at radius 3 is 2.71 bits per heavy atom. The van der Waals surface area contributed by atoms with E-state index in [4.69, 9.17) is 12.2 Å². The Morgan fingerprint density at radius 1 is 1.33 bits per heavy atom. The minimum absolute atomic E-state index is 0.0717. The van der Waals surface area contributed by atoms with Crippen LogP contribution in [0.3, 0.4) is 0 Å². The van der Waals surface area contributed by atoms with Crippen molar-refractivity contribution in [3.8, 4) is 0 Å². The summed E-state index contributed by atoms with van der Waals surface area (Å²) in [6, 6.07) is 9.88. The fraction of sp³-hybridized carbons (Fsp3) is 0.429. The zero-order valence-corrected chi connectivity index (χ0v) is 12.8. The first-order valence-corrected chi connectivity index (χ1v) is 7.30. The number of aliphatic hydroxyl groups is 1. The van der Waals surface area contributed by atoms with E-state index >= 15 is 0 Å². The maximum absolute atomic E-state index is 9.23. The maximum Gasteiger partial charge on any atom is 0.150 e. The van der Waals surface area contributed by atoms with Crippen molar-refractivity contribution in [3.05, 3.63) is 36.2 Å². The van der Waals surface area contributed by atoms with E-state index in [1.807, 2.05) is 42.3 Å². The molecule has 0 atom stereocenters. The Morgan fingerprint density at radius 2 is 2.10 bits per heavy atom. The molecule has 0 amide bonds. The van der Waals surface area contributed by atoms with Crippen LogP contribution in [0.5, 0.6) is 0 Å². The first-order valence-electron chi connectivity index (χ1n) is 6.90. The third-order valence-electron chi connectivity index (χ3n) is 3.19. The van der Waals surface area contributed by atoms with Crippen LogP contribution < -0.4 is 4.90 Å². The molecule has 6 nitrogen and oxygen atoms in total. The number of thiocarbonyl (C=S) groups is 1. The number of nitrogens with zero attached hydrogens (tertiary/aromatic N) is 5. The van der Waals surface area contributed by atoms with E-state index in [-0.39, 0.29) is 6.61 Å². The van der Waals surface area contributed by atoms with Crippen molar-refractivity contribution in [2.24, 2.45) is 7.05 Å². The minimum Gasteiger partial charge on any atom is -0.395 e. The van der Waals surface area contributed by atoms with Gasteiger partial charge in [-0.3, -0.25) is 0 Å². The predicted molar refractivity (Wildman–Crippen MR) is 85.2 cm³/mol. The van der Waals surface area contributed by atoms with E-state index in [1.165, 1.54) is 0 Å². The SMILES string of the molecule is Cn1nnnc1CCCC(=S)N(CCO)c1ccccc1. The van der Waals surface area contributed by atoms with E-state index in [0.717, 1.165) is 35.8 Å². The van der Waals surface area contributed by atoms with Crippen molar-refractivity contribution < 1.29 is 5.11 Å². The zero-order chi connectivity index (χ0) is 15.1. The van der Waals surface area contributed by atoms with Gasteiger partial charge in [0.1, 0.15) is 0 Å². The number of para-hydroxylation sites is 1. The van der Waals surface area contributed by atoms with Gasteiger partial charge in [-0.1, -0.05) is 30.4 Å². The average Bonchev–Trinajstić information content (AvgIpc) is 2.91. The molecule has 21 heavy (non-hydrogen) atoms. The first kappa shape index (κ1) is 15.5. The summed E-state index contributed by atoms with van der Waals surface area (Å²) in [4.78, 5) is 2.80. The second-order valence-corrected chi connectivity index (χ2v) is 5.15. The van der Waals surface area contributed by atoms with Crippen LogP contribution in [0.4, 0.5) is 5.69 Å². The van der Waals surface area contributed by atoms with Gasteiger partial charge in [-0.15, -0.1) is 5.10 Å². The maximum atomic E-state index is 9.23. The van der Waals surface area contributed by atoms with Crippen LogP contribution in [0, 0.1) is 0 Å². The highest BCUT2D eigenvalue weighted by Gasteiger charge is 2.12. The van der Waals surface area contributed by atoms with E-state index in [1.54, 1.807) is 4.68 Å². The smallest absolute Gasteiger partial charge is 0.150 e. The van der Waals surface area contributed by atoms with Crippen LogP contribution >= 0.6 is 12.2 Å². The van der Waals surface area contributed by atoms with Crippen molar-refractivity contribution in [2.75, 3.05) is 18.1 Å². The van der Waals surface area contributed by atoms with Crippen LogP contribution in [0.2, 0.25) is 0 Å². The van der Waals surface area contributed by atoms with Crippen molar-refractivity contribution >= 4 is 22.9 Å². The van der Waals surface area contributed by atoms with E-state index in [0.29, 0.717) is 6.54 Å². The quantitative estimate of drug-likeness (QED) is 0.779. The monoisotopic (exact) mass is 305 g/mol. The zero-order valence-electron chi connectivity index (χ0n) is 12.0. The van der Waals surface area contributed by atoms with Gasteiger partial charge in [0.2, 0.25) is 0 Å². The second kappa shape index (κ2) is 7.80. The molecule has 0 aliphatic carbocycles. The molecule has 1 heterocycles. The number of benzene rings is 1. The molecule has 7 heteroatoms. The molecule has 0 aliphatic rings. The van der Waals surface area contributed by atoms with E-state index in [2.05, 4.69) is 15.5 Å². The van der Waals surface area contributed by atoms with Gasteiger partial charge in [-0.05, 0) is 35.4 Å². The van der Waals surface area contributed by atoms with Gasteiger partial charge in [0.15, 0.2) is 5.82 Å². The molecule has 0 saturated heterocycles. The molecule has 1 aromatic heterocycles. The van der Waals surface area contributed by atoms with Gasteiger partial charge in [0.05, 0.1) is 11.6 Å². The molecule has 2 aromatic rings. The molecule has 0 spiro atoms. The molecule has 0 radical (unpaired) electrons. The number of anilines is 1. The molecular weight excluding hydrogens is 286 g/mol. The van der Waals surface area contributed by atoms with Gasteiger partial charge < -0.3 is 10.0 Å². The molecule has 112 valence electrons. The van der Waals surface area contributed by atoms with Gasteiger partial charge in [0.25, 0.3) is 0 Å². The molecular formula is C14H19N5OS. The third-order valence-corrected chi connectivity index (χ3v) is 3.62. The van der Waals surface area contributed by atoms with E-state index < -0.39 is 0 Å². The lowest BCUT2D eigenvalue weighted by Crippen LogP contribution is -2.32. The summed E-state index contributed by atoms with van der Waals surface area (Å²) in [5, 5.41) is 20.6. The molecule has 1 aromatic carbocycles. The number of aromatic nitrogens is 4. The molecule has 1 N–H and O–H groups in total. The molecule has 0 saturated carbocycles. The number of rotatable bonds is 7. The summed E-state index contributed by atoms with van der Waals surface area (Å²) < 4.78 is 1.67. The minimum atomic E-state index is 0.0717. The molecule has 0 bridgehead atoms. The molecule has 0 fully saturated rings. The van der Waals surface area contributed by atoms with Crippen molar-refractivity contribution in [2.45, 2.75) is 19.3 Å². The Labute approximate surface area is 129 Å². The van der Waals surface area contributed by atoms with Gasteiger partial charge in [-0.2, -0.15) is 0 Å². The van der Waals surface area contributed by atoms with Crippen LogP contribution in [0.1, 0.15) is 18.7 Å². The Kier molecular flexibility index (Phi) is 5.77. The average molecular weight is 305 g/mol. The largest absolute Gasteiger partial charge is 0.395 e. The lowest BCUT2D eigenvalue weighted by molar-refractivity contribution is 0.306. The first-order chi connectivity index (χ1) is 10.2. The Bertz CT molecular complexity index is 572. The fourth-order valence-electron chi connectivity index (χ4n) is 2.10. The predicted octanol–water partition coefficient (Wildman–Crippen LogP) is 1.36. The summed E-state index contributed by atoms with van der Waals surface area (Å²) in [6.07, 6.45) is 2.42. The highest BCUT2D eigenvalue weighted by Crippen LogP contribution is 2.16. The van der Waals surface area contributed by atoms with Crippen molar-refractivity contribution in [3.63, 3.8) is 0 Å². The molecule has 0 unspecified atom stereocenters. The lowest BCUT2D eigenvalue weighted by Gasteiger charge is -2.24. The van der Waals surface area contributed by atoms with Gasteiger partial charge in [-0.25, -0.2) is 4.68 Å². The Hall–Kier alpha value is -1.86. The number of aliphatic hydroxyl groups excluding tert-OH is 1. The summed E-state index contributed by atoms with van der Waals surface area (Å²) in [7, 11) is 1.83. The Balaban J connectivity index is 1.92. The molecule has 2 rings (SSSR count).